The molecule has 0 amide bonds. The van der Waals surface area contributed by atoms with Crippen molar-refractivity contribution in [3.05, 3.63) is 48.5 Å². The van der Waals surface area contributed by atoms with Gasteiger partial charge in [0.15, 0.2) is 0 Å². The van der Waals surface area contributed by atoms with Gasteiger partial charge in [-0.1, -0.05) is 0 Å². The Hall–Kier alpha value is -2.62. The lowest BCUT2D eigenvalue weighted by molar-refractivity contribution is 1.13. The smallest absolute Gasteiger partial charge is 0.0631 e. The van der Waals surface area contributed by atoms with E-state index in [1.165, 1.54) is 0 Å². The van der Waals surface area contributed by atoms with Gasteiger partial charge in [0.1, 0.15) is 0 Å². The van der Waals surface area contributed by atoms with Crippen molar-refractivity contribution in [2.24, 2.45) is 9.98 Å². The molecule has 0 aliphatic rings. The summed E-state index contributed by atoms with van der Waals surface area (Å²) < 4.78 is 0. The van der Waals surface area contributed by atoms with Crippen LogP contribution in [0.25, 0.3) is 0 Å². The first-order valence-corrected chi connectivity index (χ1v) is 7.18. The van der Waals surface area contributed by atoms with E-state index in [9.17, 15) is 0 Å². The summed E-state index contributed by atoms with van der Waals surface area (Å²) in [5, 5.41) is 0. The maximum Gasteiger partial charge on any atom is 0.0631 e. The molecule has 2 aromatic rings. The summed E-state index contributed by atoms with van der Waals surface area (Å²) >= 11 is 0. The molecule has 0 spiro atoms. The second kappa shape index (κ2) is 7.41. The average Bonchev–Trinajstić information content (AvgIpc) is 2.52. The zero-order valence-electron chi connectivity index (χ0n) is 13.6. The summed E-state index contributed by atoms with van der Waals surface area (Å²) in [4.78, 5) is 12.9. The average molecular weight is 294 g/mol. The van der Waals surface area contributed by atoms with Crippen LogP contribution in [-0.2, 0) is 0 Å². The molecule has 0 aromatic heterocycles. The van der Waals surface area contributed by atoms with Crippen LogP contribution in [0.3, 0.4) is 0 Å². The van der Waals surface area contributed by atoms with Gasteiger partial charge in [0.05, 0.1) is 11.4 Å². The van der Waals surface area contributed by atoms with Gasteiger partial charge in [-0.05, 0) is 48.5 Å². The van der Waals surface area contributed by atoms with Crippen LogP contribution in [0.4, 0.5) is 22.7 Å². The Balaban J connectivity index is 1.96. The molecule has 4 heteroatoms. The van der Waals surface area contributed by atoms with Crippen molar-refractivity contribution in [1.29, 1.82) is 0 Å². The Labute approximate surface area is 132 Å². The number of rotatable bonds is 5. The molecule has 22 heavy (non-hydrogen) atoms. The van der Waals surface area contributed by atoms with Crippen LogP contribution in [0.1, 0.15) is 0 Å². The Morgan fingerprint density at radius 1 is 0.591 bits per heavy atom. The van der Waals surface area contributed by atoms with Gasteiger partial charge in [-0.25, -0.2) is 0 Å². The molecule has 0 radical (unpaired) electrons. The largest absolute Gasteiger partial charge is 0.378 e. The number of anilines is 2. The van der Waals surface area contributed by atoms with Crippen LogP contribution in [0.2, 0.25) is 0 Å². The number of aliphatic imine (C=N–C) groups is 2. The minimum Gasteiger partial charge on any atom is -0.378 e. The quantitative estimate of drug-likeness (QED) is 0.783. The van der Waals surface area contributed by atoms with Gasteiger partial charge in [0.2, 0.25) is 0 Å². The number of hydrogen-bond donors (Lipinski definition) is 0. The highest BCUT2D eigenvalue weighted by molar-refractivity contribution is 6.17. The molecule has 0 saturated carbocycles. The first-order chi connectivity index (χ1) is 10.6. The van der Waals surface area contributed by atoms with E-state index in [0.29, 0.717) is 0 Å². The van der Waals surface area contributed by atoms with E-state index >= 15 is 0 Å². The van der Waals surface area contributed by atoms with Crippen molar-refractivity contribution in [3.63, 3.8) is 0 Å². The monoisotopic (exact) mass is 294 g/mol. The minimum absolute atomic E-state index is 0.917. The summed E-state index contributed by atoms with van der Waals surface area (Å²) in [7, 11) is 8.08. The maximum absolute atomic E-state index is 4.37. The lowest BCUT2D eigenvalue weighted by Gasteiger charge is -2.11. The van der Waals surface area contributed by atoms with Crippen molar-refractivity contribution in [2.75, 3.05) is 38.0 Å². The fraction of sp³-hybridized carbons (Fsp3) is 0.222. The molecular weight excluding hydrogens is 272 g/mol. The van der Waals surface area contributed by atoms with Crippen molar-refractivity contribution in [3.8, 4) is 0 Å². The normalized spacial score (nSPS) is 11.3. The highest BCUT2D eigenvalue weighted by Crippen LogP contribution is 2.18. The summed E-state index contributed by atoms with van der Waals surface area (Å²) in [5.74, 6) is 0. The minimum atomic E-state index is 0.917. The van der Waals surface area contributed by atoms with Gasteiger partial charge in [-0.2, -0.15) is 0 Å². The zero-order chi connectivity index (χ0) is 15.9. The van der Waals surface area contributed by atoms with E-state index in [2.05, 4.69) is 19.8 Å². The predicted octanol–water partition coefficient (Wildman–Crippen LogP) is 3.92. The molecule has 0 N–H and O–H groups in total. The molecular formula is C18H22N4. The molecule has 0 atom stereocenters. The standard InChI is InChI=1S/C18H22N4/c1-21(2)17-9-5-15(6-10-17)19-13-14-20-16-7-11-18(12-8-16)22(3)4/h5-14H,1-4H3. The fourth-order valence-electron chi connectivity index (χ4n) is 1.91. The van der Waals surface area contributed by atoms with Crippen molar-refractivity contribution in [1.82, 2.24) is 0 Å². The van der Waals surface area contributed by atoms with Crippen LogP contribution in [-0.4, -0.2) is 40.6 Å². The SMILES string of the molecule is CN(C)c1ccc(N=CC=Nc2ccc(N(C)C)cc2)cc1. The van der Waals surface area contributed by atoms with Crippen LogP contribution in [0.15, 0.2) is 58.5 Å². The number of nitrogens with zero attached hydrogens (tertiary/aromatic N) is 4. The van der Waals surface area contributed by atoms with E-state index in [4.69, 9.17) is 0 Å². The summed E-state index contributed by atoms with van der Waals surface area (Å²) in [5.41, 5.74) is 4.15. The van der Waals surface area contributed by atoms with Gasteiger partial charge < -0.3 is 9.80 Å². The maximum atomic E-state index is 4.37. The van der Waals surface area contributed by atoms with E-state index in [1.807, 2.05) is 76.7 Å². The van der Waals surface area contributed by atoms with Crippen molar-refractivity contribution in [2.45, 2.75) is 0 Å². The first-order valence-electron chi connectivity index (χ1n) is 7.18. The molecule has 114 valence electrons. The highest BCUT2D eigenvalue weighted by Gasteiger charge is 1.94. The molecule has 4 nitrogen and oxygen atoms in total. The van der Waals surface area contributed by atoms with Crippen LogP contribution < -0.4 is 9.80 Å². The summed E-state index contributed by atoms with van der Waals surface area (Å²) in [6, 6.07) is 16.1. The third kappa shape index (κ3) is 4.45. The van der Waals surface area contributed by atoms with Crippen LogP contribution in [0, 0.1) is 0 Å². The lowest BCUT2D eigenvalue weighted by atomic mass is 10.2. The first kappa shape index (κ1) is 15.8. The summed E-state index contributed by atoms with van der Waals surface area (Å²) in [6.45, 7) is 0. The number of hydrogen-bond acceptors (Lipinski definition) is 4. The van der Waals surface area contributed by atoms with E-state index in [0.717, 1.165) is 22.7 Å². The second-order valence-electron chi connectivity index (χ2n) is 5.38. The highest BCUT2D eigenvalue weighted by atomic mass is 15.1. The third-order valence-electron chi connectivity index (χ3n) is 3.25. The molecule has 2 rings (SSSR count). The van der Waals surface area contributed by atoms with E-state index in [-0.39, 0.29) is 0 Å². The van der Waals surface area contributed by atoms with Gasteiger partial charge in [0.25, 0.3) is 0 Å². The van der Waals surface area contributed by atoms with Gasteiger partial charge in [-0.3, -0.25) is 9.98 Å². The van der Waals surface area contributed by atoms with Crippen LogP contribution >= 0.6 is 0 Å². The Bertz CT molecular complexity index is 578. The Kier molecular flexibility index (Phi) is 5.31. The lowest BCUT2D eigenvalue weighted by Crippen LogP contribution is -2.07. The Morgan fingerprint density at radius 2 is 0.909 bits per heavy atom. The van der Waals surface area contributed by atoms with E-state index < -0.39 is 0 Å². The Morgan fingerprint density at radius 3 is 1.18 bits per heavy atom. The molecule has 2 aromatic carbocycles. The summed E-state index contributed by atoms with van der Waals surface area (Å²) in [6.07, 6.45) is 3.43. The second-order valence-corrected chi connectivity index (χ2v) is 5.38. The topological polar surface area (TPSA) is 31.2 Å². The third-order valence-corrected chi connectivity index (χ3v) is 3.25. The van der Waals surface area contributed by atoms with Gasteiger partial charge in [0, 0.05) is 52.0 Å². The molecule has 0 saturated heterocycles. The fourth-order valence-corrected chi connectivity index (χ4v) is 1.91. The number of benzene rings is 2. The van der Waals surface area contributed by atoms with Crippen molar-refractivity contribution < 1.29 is 0 Å². The van der Waals surface area contributed by atoms with Gasteiger partial charge >= 0.3 is 0 Å². The van der Waals surface area contributed by atoms with Crippen LogP contribution in [0.5, 0.6) is 0 Å². The van der Waals surface area contributed by atoms with Gasteiger partial charge in [-0.15, -0.1) is 0 Å². The predicted molar refractivity (Wildman–Crippen MR) is 97.8 cm³/mol. The van der Waals surface area contributed by atoms with E-state index in [1.54, 1.807) is 12.4 Å². The molecule has 0 fully saturated rings. The molecule has 0 aliphatic heterocycles. The van der Waals surface area contributed by atoms with Crippen molar-refractivity contribution >= 4 is 35.2 Å². The molecule has 0 bridgehead atoms. The zero-order valence-corrected chi connectivity index (χ0v) is 13.6. The molecule has 0 unspecified atom stereocenters. The molecule has 0 aliphatic carbocycles. The molecule has 0 heterocycles.